The topological polar surface area (TPSA) is 106 Å². The van der Waals surface area contributed by atoms with E-state index in [4.69, 9.17) is 25.8 Å². The maximum absolute atomic E-state index is 13.3. The Morgan fingerprint density at radius 1 is 0.905 bits per heavy atom. The van der Waals surface area contributed by atoms with Gasteiger partial charge >= 0.3 is 5.97 Å². The number of esters is 1. The van der Waals surface area contributed by atoms with E-state index < -0.39 is 24.4 Å². The van der Waals surface area contributed by atoms with Gasteiger partial charge in [0.25, 0.3) is 5.91 Å². The van der Waals surface area contributed by atoms with Crippen LogP contribution in [0.5, 0.6) is 11.5 Å². The number of ether oxygens (including phenoxy) is 3. The predicted octanol–water partition coefficient (Wildman–Crippen LogP) is 3.56. The van der Waals surface area contributed by atoms with Crippen molar-refractivity contribution in [2.24, 2.45) is 0 Å². The molecule has 0 N–H and O–H groups in total. The summed E-state index contributed by atoms with van der Waals surface area (Å²) in [6.45, 7) is 3.41. The Morgan fingerprint density at radius 2 is 1.64 bits per heavy atom. The molecule has 2 saturated heterocycles. The van der Waals surface area contributed by atoms with Gasteiger partial charge in [-0.1, -0.05) is 29.8 Å². The van der Waals surface area contributed by atoms with Crippen LogP contribution in [0.2, 0.25) is 5.02 Å². The number of carbonyl (C=O) groups is 4. The molecule has 0 radical (unpaired) electrons. The van der Waals surface area contributed by atoms with Gasteiger partial charge in [-0.25, -0.2) is 9.69 Å². The zero-order valence-electron chi connectivity index (χ0n) is 22.7. The molecule has 0 bridgehead atoms. The summed E-state index contributed by atoms with van der Waals surface area (Å²) < 4.78 is 16.0. The summed E-state index contributed by atoms with van der Waals surface area (Å²) >= 11 is 6.03. The third-order valence-corrected chi connectivity index (χ3v) is 8.01. The molecule has 2 fully saturated rings. The highest BCUT2D eigenvalue weighted by molar-refractivity contribution is 6.34. The van der Waals surface area contributed by atoms with Gasteiger partial charge in [-0.2, -0.15) is 0 Å². The number of amides is 2. The molecular weight excluding hydrogens is 562 g/mol. The van der Waals surface area contributed by atoms with Gasteiger partial charge < -0.3 is 14.2 Å². The fourth-order valence-electron chi connectivity index (χ4n) is 5.43. The van der Waals surface area contributed by atoms with Crippen molar-refractivity contribution in [1.82, 2.24) is 9.80 Å². The number of ketones is 1. The number of hydrogen-bond donors (Lipinski definition) is 0. The lowest BCUT2D eigenvalue weighted by molar-refractivity contribution is -0.123. The summed E-state index contributed by atoms with van der Waals surface area (Å²) in [5, 5.41) is 0.282. The molecule has 2 amide bonds. The molecule has 42 heavy (non-hydrogen) atoms. The van der Waals surface area contributed by atoms with Crippen LogP contribution >= 0.6 is 11.6 Å². The van der Waals surface area contributed by atoms with E-state index in [0.717, 1.165) is 36.7 Å². The van der Waals surface area contributed by atoms with Gasteiger partial charge in [-0.05, 0) is 54.1 Å². The fraction of sp³-hybridized carbons (Fsp3) is 0.290. The minimum absolute atomic E-state index is 0.106. The Labute approximate surface area is 247 Å². The molecule has 3 aromatic rings. The Hall–Kier alpha value is -4.25. The first-order chi connectivity index (χ1) is 20.4. The highest BCUT2D eigenvalue weighted by Crippen LogP contribution is 2.33. The molecule has 6 rings (SSSR count). The number of hydrogen-bond acceptors (Lipinski definition) is 9. The maximum Gasteiger partial charge on any atom is 0.338 e. The molecule has 216 valence electrons. The maximum atomic E-state index is 13.3. The van der Waals surface area contributed by atoms with Gasteiger partial charge in [0, 0.05) is 38.3 Å². The van der Waals surface area contributed by atoms with Crippen molar-refractivity contribution < 1.29 is 33.4 Å². The SMILES string of the molecule is O=C(OCC(=O)c1ccccc1Cl)c1ccc(N2C(=O)CC(N3CCN(Cc4ccc5c(c4)OCO5)CC3)C2=O)cc1. The molecule has 0 aliphatic carbocycles. The number of halogens is 1. The second-order valence-corrected chi connectivity index (χ2v) is 10.7. The van der Waals surface area contributed by atoms with Crippen LogP contribution in [0.4, 0.5) is 5.69 Å². The summed E-state index contributed by atoms with van der Waals surface area (Å²) in [7, 11) is 0. The monoisotopic (exact) mass is 589 g/mol. The van der Waals surface area contributed by atoms with E-state index in [1.54, 1.807) is 24.3 Å². The largest absolute Gasteiger partial charge is 0.454 e. The zero-order valence-corrected chi connectivity index (χ0v) is 23.4. The van der Waals surface area contributed by atoms with Crippen LogP contribution in [0.15, 0.2) is 66.7 Å². The summed E-state index contributed by atoms with van der Waals surface area (Å²) in [5.74, 6) is -0.155. The minimum Gasteiger partial charge on any atom is -0.454 e. The van der Waals surface area contributed by atoms with Crippen LogP contribution < -0.4 is 14.4 Å². The lowest BCUT2D eigenvalue weighted by Gasteiger charge is -2.37. The molecule has 1 unspecified atom stereocenters. The summed E-state index contributed by atoms with van der Waals surface area (Å²) in [6.07, 6.45) is 0.106. The molecule has 0 spiro atoms. The molecule has 11 heteroatoms. The van der Waals surface area contributed by atoms with Gasteiger partial charge in [-0.3, -0.25) is 24.2 Å². The molecule has 3 heterocycles. The first-order valence-electron chi connectivity index (χ1n) is 13.6. The van der Waals surface area contributed by atoms with Crippen molar-refractivity contribution in [3.63, 3.8) is 0 Å². The smallest absolute Gasteiger partial charge is 0.338 e. The van der Waals surface area contributed by atoms with Crippen molar-refractivity contribution in [2.75, 3.05) is 44.5 Å². The van der Waals surface area contributed by atoms with Crippen molar-refractivity contribution in [1.29, 1.82) is 0 Å². The van der Waals surface area contributed by atoms with Crippen LogP contribution in [-0.4, -0.2) is 79.0 Å². The molecule has 3 aromatic carbocycles. The average Bonchev–Trinajstić information content (AvgIpc) is 3.59. The lowest BCUT2D eigenvalue weighted by Crippen LogP contribution is -2.52. The van der Waals surface area contributed by atoms with Gasteiger partial charge in [0.05, 0.1) is 28.7 Å². The number of fused-ring (bicyclic) bond motifs is 1. The van der Waals surface area contributed by atoms with Crippen LogP contribution in [0.1, 0.15) is 32.7 Å². The number of Topliss-reactive ketones (excluding diaryl/α,β-unsaturated/α-hetero) is 1. The molecule has 3 aliphatic rings. The first kappa shape index (κ1) is 27.9. The van der Waals surface area contributed by atoms with E-state index in [0.29, 0.717) is 18.8 Å². The Kier molecular flexibility index (Phi) is 7.92. The van der Waals surface area contributed by atoms with E-state index in [1.807, 2.05) is 18.2 Å². The number of piperazine rings is 1. The van der Waals surface area contributed by atoms with Gasteiger partial charge in [0.1, 0.15) is 0 Å². The third kappa shape index (κ3) is 5.74. The lowest BCUT2D eigenvalue weighted by atomic mass is 10.1. The number of imide groups is 1. The van der Waals surface area contributed by atoms with E-state index in [1.165, 1.54) is 29.2 Å². The van der Waals surface area contributed by atoms with Crippen molar-refractivity contribution in [3.05, 3.63) is 88.4 Å². The predicted molar refractivity (Wildman–Crippen MR) is 153 cm³/mol. The number of anilines is 1. The van der Waals surface area contributed by atoms with Gasteiger partial charge in [-0.15, -0.1) is 0 Å². The van der Waals surface area contributed by atoms with E-state index >= 15 is 0 Å². The van der Waals surface area contributed by atoms with E-state index in [9.17, 15) is 19.2 Å². The van der Waals surface area contributed by atoms with Crippen LogP contribution in [0.25, 0.3) is 0 Å². The van der Waals surface area contributed by atoms with E-state index in [-0.39, 0.29) is 41.2 Å². The average molecular weight is 590 g/mol. The van der Waals surface area contributed by atoms with Gasteiger partial charge in [0.15, 0.2) is 18.1 Å². The van der Waals surface area contributed by atoms with Crippen LogP contribution in [-0.2, 0) is 20.9 Å². The van der Waals surface area contributed by atoms with Crippen molar-refractivity contribution in [2.45, 2.75) is 19.0 Å². The summed E-state index contributed by atoms with van der Waals surface area (Å²) in [4.78, 5) is 56.6. The number of nitrogens with zero attached hydrogens (tertiary/aromatic N) is 3. The quantitative estimate of drug-likeness (QED) is 0.221. The van der Waals surface area contributed by atoms with Crippen molar-refractivity contribution in [3.8, 4) is 11.5 Å². The Balaban J connectivity index is 1.02. The van der Waals surface area contributed by atoms with Gasteiger partial charge in [0.2, 0.25) is 18.5 Å². The molecule has 1 atom stereocenters. The third-order valence-electron chi connectivity index (χ3n) is 7.68. The molecule has 0 aromatic heterocycles. The number of benzene rings is 3. The Morgan fingerprint density at radius 3 is 2.40 bits per heavy atom. The minimum atomic E-state index is -0.697. The summed E-state index contributed by atoms with van der Waals surface area (Å²) in [5.41, 5.74) is 1.98. The van der Waals surface area contributed by atoms with Crippen LogP contribution in [0, 0.1) is 0 Å². The fourth-order valence-corrected chi connectivity index (χ4v) is 5.67. The zero-order chi connectivity index (χ0) is 29.2. The van der Waals surface area contributed by atoms with Crippen molar-refractivity contribution >= 4 is 40.9 Å². The molecular formula is C31H28ClN3O7. The first-order valence-corrected chi connectivity index (χ1v) is 14.0. The molecule has 10 nitrogen and oxygen atoms in total. The highest BCUT2D eigenvalue weighted by atomic mass is 35.5. The van der Waals surface area contributed by atoms with Crippen LogP contribution in [0.3, 0.4) is 0 Å². The summed E-state index contributed by atoms with van der Waals surface area (Å²) in [6, 6.07) is 18.0. The number of rotatable bonds is 8. The normalized spacial score (nSPS) is 18.9. The molecule has 0 saturated carbocycles. The standard InChI is InChI=1S/C31H28ClN3O7/c32-24-4-2-1-3-23(24)26(36)18-40-31(39)21-6-8-22(9-7-21)35-29(37)16-25(30(35)38)34-13-11-33(12-14-34)17-20-5-10-27-28(15-20)42-19-41-27/h1-10,15,25H,11-14,16-19H2. The number of carbonyl (C=O) groups excluding carboxylic acids is 4. The van der Waals surface area contributed by atoms with E-state index in [2.05, 4.69) is 9.80 Å². The second-order valence-electron chi connectivity index (χ2n) is 10.3. The molecule has 3 aliphatic heterocycles. The highest BCUT2D eigenvalue weighted by Gasteiger charge is 2.43. The second kappa shape index (κ2) is 11.9. The Bertz CT molecular complexity index is 1540.